The minimum absolute atomic E-state index is 0.166. The van der Waals surface area contributed by atoms with E-state index in [0.29, 0.717) is 6.54 Å². The molecule has 1 fully saturated rings. The van der Waals surface area contributed by atoms with Crippen LogP contribution in [0, 0.1) is 0 Å². The molecule has 1 saturated heterocycles. The predicted octanol–water partition coefficient (Wildman–Crippen LogP) is 0.785. The first-order valence-electron chi connectivity index (χ1n) is 5.67. The van der Waals surface area contributed by atoms with Crippen molar-refractivity contribution in [1.29, 1.82) is 0 Å². The second-order valence-corrected chi connectivity index (χ2v) is 4.28. The van der Waals surface area contributed by atoms with Gasteiger partial charge in [-0.25, -0.2) is 0 Å². The number of ether oxygens (including phenoxy) is 1. The standard InChI is InChI=1S/C11H21NO3/c1-9(2)15-10-4-3-6-12(7-5-10)11(14)8-13/h9-10,13H,3-8H2,1-2H3. The number of likely N-dealkylation sites (tertiary alicyclic amines) is 1. The highest BCUT2D eigenvalue weighted by molar-refractivity contribution is 5.77. The summed E-state index contributed by atoms with van der Waals surface area (Å²) < 4.78 is 5.73. The molecule has 88 valence electrons. The molecule has 1 unspecified atom stereocenters. The van der Waals surface area contributed by atoms with Gasteiger partial charge >= 0.3 is 0 Å². The highest BCUT2D eigenvalue weighted by Gasteiger charge is 2.20. The van der Waals surface area contributed by atoms with Crippen molar-refractivity contribution in [1.82, 2.24) is 4.90 Å². The van der Waals surface area contributed by atoms with E-state index >= 15 is 0 Å². The molecule has 1 N–H and O–H groups in total. The molecular weight excluding hydrogens is 194 g/mol. The Morgan fingerprint density at radius 2 is 2.20 bits per heavy atom. The van der Waals surface area contributed by atoms with E-state index < -0.39 is 0 Å². The van der Waals surface area contributed by atoms with Crippen molar-refractivity contribution in [2.24, 2.45) is 0 Å². The molecule has 0 saturated carbocycles. The number of aliphatic hydroxyl groups is 1. The summed E-state index contributed by atoms with van der Waals surface area (Å²) in [6, 6.07) is 0. The minimum Gasteiger partial charge on any atom is -0.387 e. The van der Waals surface area contributed by atoms with E-state index in [4.69, 9.17) is 9.84 Å². The molecular formula is C11H21NO3. The van der Waals surface area contributed by atoms with Gasteiger partial charge < -0.3 is 14.7 Å². The van der Waals surface area contributed by atoms with E-state index in [1.165, 1.54) is 0 Å². The molecule has 1 amide bonds. The quantitative estimate of drug-likeness (QED) is 0.757. The zero-order valence-electron chi connectivity index (χ0n) is 9.61. The summed E-state index contributed by atoms with van der Waals surface area (Å²) in [5.74, 6) is -0.166. The maximum absolute atomic E-state index is 11.3. The minimum atomic E-state index is -0.379. The van der Waals surface area contributed by atoms with Crippen molar-refractivity contribution in [2.75, 3.05) is 19.7 Å². The zero-order valence-corrected chi connectivity index (χ0v) is 9.61. The first-order valence-corrected chi connectivity index (χ1v) is 5.67. The second-order valence-electron chi connectivity index (χ2n) is 4.28. The van der Waals surface area contributed by atoms with E-state index in [-0.39, 0.29) is 24.7 Å². The van der Waals surface area contributed by atoms with Crippen molar-refractivity contribution in [3.63, 3.8) is 0 Å². The van der Waals surface area contributed by atoms with Gasteiger partial charge in [-0.3, -0.25) is 4.79 Å². The van der Waals surface area contributed by atoms with E-state index in [0.717, 1.165) is 25.8 Å². The Labute approximate surface area is 91.2 Å². The molecule has 1 rings (SSSR count). The van der Waals surface area contributed by atoms with Gasteiger partial charge in [-0.15, -0.1) is 0 Å². The Morgan fingerprint density at radius 1 is 1.47 bits per heavy atom. The number of hydrogen-bond acceptors (Lipinski definition) is 3. The van der Waals surface area contributed by atoms with Gasteiger partial charge in [-0.05, 0) is 33.1 Å². The Balaban J connectivity index is 2.38. The normalized spacial score (nSPS) is 22.9. The van der Waals surface area contributed by atoms with Gasteiger partial charge in [0.05, 0.1) is 12.2 Å². The van der Waals surface area contributed by atoms with Crippen LogP contribution in [0.25, 0.3) is 0 Å². The third-order valence-corrected chi connectivity index (χ3v) is 2.63. The Kier molecular flexibility index (Phi) is 5.05. The number of carbonyl (C=O) groups is 1. The lowest BCUT2D eigenvalue weighted by Crippen LogP contribution is -2.34. The summed E-state index contributed by atoms with van der Waals surface area (Å²) in [7, 11) is 0. The smallest absolute Gasteiger partial charge is 0.248 e. The molecule has 0 bridgehead atoms. The van der Waals surface area contributed by atoms with Gasteiger partial charge in [0.15, 0.2) is 0 Å². The van der Waals surface area contributed by atoms with Crippen LogP contribution >= 0.6 is 0 Å². The van der Waals surface area contributed by atoms with Gasteiger partial charge in [-0.1, -0.05) is 0 Å². The fourth-order valence-electron chi connectivity index (χ4n) is 1.94. The van der Waals surface area contributed by atoms with Gasteiger partial charge in [-0.2, -0.15) is 0 Å². The Hall–Kier alpha value is -0.610. The van der Waals surface area contributed by atoms with Gasteiger partial charge in [0.25, 0.3) is 0 Å². The molecule has 1 aliphatic rings. The molecule has 1 aliphatic heterocycles. The van der Waals surface area contributed by atoms with Crippen molar-refractivity contribution in [3.05, 3.63) is 0 Å². The predicted molar refractivity (Wildman–Crippen MR) is 57.5 cm³/mol. The van der Waals surface area contributed by atoms with Gasteiger partial charge in [0, 0.05) is 13.1 Å². The molecule has 0 aromatic carbocycles. The van der Waals surface area contributed by atoms with Crippen LogP contribution in [0.2, 0.25) is 0 Å². The maximum atomic E-state index is 11.3. The molecule has 15 heavy (non-hydrogen) atoms. The maximum Gasteiger partial charge on any atom is 0.248 e. The van der Waals surface area contributed by atoms with Crippen LogP contribution in [0.5, 0.6) is 0 Å². The molecule has 0 aromatic rings. The largest absolute Gasteiger partial charge is 0.387 e. The third kappa shape index (κ3) is 4.18. The fourth-order valence-corrected chi connectivity index (χ4v) is 1.94. The van der Waals surface area contributed by atoms with Crippen molar-refractivity contribution in [2.45, 2.75) is 45.3 Å². The van der Waals surface area contributed by atoms with Crippen LogP contribution < -0.4 is 0 Å². The van der Waals surface area contributed by atoms with E-state index in [2.05, 4.69) is 0 Å². The summed E-state index contributed by atoms with van der Waals surface area (Å²) in [6.07, 6.45) is 3.36. The molecule has 0 spiro atoms. The van der Waals surface area contributed by atoms with E-state index in [9.17, 15) is 4.79 Å². The van der Waals surface area contributed by atoms with Crippen LogP contribution in [-0.4, -0.2) is 47.8 Å². The Morgan fingerprint density at radius 3 is 2.80 bits per heavy atom. The lowest BCUT2D eigenvalue weighted by atomic mass is 10.1. The zero-order chi connectivity index (χ0) is 11.3. The summed E-state index contributed by atoms with van der Waals surface area (Å²) in [6.45, 7) is 5.13. The first-order chi connectivity index (χ1) is 7.13. The number of nitrogens with zero attached hydrogens (tertiary/aromatic N) is 1. The van der Waals surface area contributed by atoms with Crippen LogP contribution in [0.1, 0.15) is 33.1 Å². The number of hydrogen-bond donors (Lipinski definition) is 1. The monoisotopic (exact) mass is 215 g/mol. The average Bonchev–Trinajstić information content (AvgIpc) is 2.41. The molecule has 0 aromatic heterocycles. The van der Waals surface area contributed by atoms with Crippen molar-refractivity contribution in [3.8, 4) is 0 Å². The second kappa shape index (κ2) is 6.08. The van der Waals surface area contributed by atoms with E-state index in [1.807, 2.05) is 13.8 Å². The third-order valence-electron chi connectivity index (χ3n) is 2.63. The van der Waals surface area contributed by atoms with Crippen LogP contribution in [0.15, 0.2) is 0 Å². The van der Waals surface area contributed by atoms with Crippen molar-refractivity contribution >= 4 is 5.91 Å². The summed E-state index contributed by atoms with van der Waals surface area (Å²) in [4.78, 5) is 13.0. The van der Waals surface area contributed by atoms with Crippen LogP contribution in [0.4, 0.5) is 0 Å². The number of carbonyl (C=O) groups excluding carboxylic acids is 1. The lowest BCUT2D eigenvalue weighted by Gasteiger charge is -2.20. The molecule has 1 heterocycles. The topological polar surface area (TPSA) is 49.8 Å². The van der Waals surface area contributed by atoms with E-state index in [1.54, 1.807) is 4.90 Å². The number of amides is 1. The van der Waals surface area contributed by atoms with Crippen LogP contribution in [-0.2, 0) is 9.53 Å². The summed E-state index contributed by atoms with van der Waals surface area (Å²) in [5.41, 5.74) is 0. The first kappa shape index (κ1) is 12.5. The molecule has 1 atom stereocenters. The number of rotatable bonds is 3. The molecule has 0 radical (unpaired) electrons. The SMILES string of the molecule is CC(C)OC1CCCN(C(=O)CO)CC1. The van der Waals surface area contributed by atoms with Gasteiger partial charge in [0.2, 0.25) is 5.91 Å². The molecule has 0 aliphatic carbocycles. The number of aliphatic hydroxyl groups excluding tert-OH is 1. The highest BCUT2D eigenvalue weighted by atomic mass is 16.5. The van der Waals surface area contributed by atoms with Crippen molar-refractivity contribution < 1.29 is 14.6 Å². The Bertz CT molecular complexity index is 206. The molecule has 4 heteroatoms. The summed E-state index contributed by atoms with van der Waals surface area (Å²) in [5, 5.41) is 8.77. The average molecular weight is 215 g/mol. The summed E-state index contributed by atoms with van der Waals surface area (Å²) >= 11 is 0. The lowest BCUT2D eigenvalue weighted by molar-refractivity contribution is -0.134. The molecule has 4 nitrogen and oxygen atoms in total. The highest BCUT2D eigenvalue weighted by Crippen LogP contribution is 2.15. The van der Waals surface area contributed by atoms with Gasteiger partial charge in [0.1, 0.15) is 6.61 Å². The fraction of sp³-hybridized carbons (Fsp3) is 0.909. The van der Waals surface area contributed by atoms with Crippen LogP contribution in [0.3, 0.4) is 0 Å².